The lowest BCUT2D eigenvalue weighted by molar-refractivity contribution is 0.390. The summed E-state index contributed by atoms with van der Waals surface area (Å²) in [7, 11) is 3.32. The van der Waals surface area contributed by atoms with Gasteiger partial charge in [0.2, 0.25) is 0 Å². The Hall–Kier alpha value is -1.81. The monoisotopic (exact) mass is 316 g/mol. The lowest BCUT2D eigenvalue weighted by Crippen LogP contribution is -2.26. The zero-order chi connectivity index (χ0) is 16.1. The number of phenolic OH excluding ortho intramolecular Hbond substituents is 1. The van der Waals surface area contributed by atoms with E-state index in [-0.39, 0.29) is 0 Å². The van der Waals surface area contributed by atoms with Crippen molar-refractivity contribution >= 4 is 12.6 Å². The summed E-state index contributed by atoms with van der Waals surface area (Å²) < 4.78 is 10.5. The number of methoxy groups -OCH3 is 2. The summed E-state index contributed by atoms with van der Waals surface area (Å²) in [5.74, 6) is 1.93. The van der Waals surface area contributed by atoms with E-state index in [2.05, 4.69) is 0 Å². The fourth-order valence-electron chi connectivity index (χ4n) is 3.38. The van der Waals surface area contributed by atoms with Crippen molar-refractivity contribution in [3.8, 4) is 17.2 Å². The zero-order valence-electron chi connectivity index (χ0n) is 13.2. The molecule has 0 fully saturated rings. The number of hydrogen-bond donors (Lipinski definition) is 2. The molecule has 0 saturated carbocycles. The Morgan fingerprint density at radius 2 is 1.68 bits per heavy atom. The second-order valence-corrected chi connectivity index (χ2v) is 6.72. The lowest BCUT2D eigenvalue weighted by Gasteiger charge is -2.36. The maximum absolute atomic E-state index is 10.5. The Kier molecular flexibility index (Phi) is 3.52. The van der Waals surface area contributed by atoms with Crippen molar-refractivity contribution in [1.29, 1.82) is 0 Å². The molecule has 1 aliphatic rings. The molecule has 2 aromatic rings. The van der Waals surface area contributed by atoms with E-state index in [9.17, 15) is 5.11 Å². The molecule has 1 N–H and O–H groups in total. The van der Waals surface area contributed by atoms with Crippen LogP contribution in [0, 0.1) is 6.92 Å². The van der Waals surface area contributed by atoms with Crippen LogP contribution in [0.25, 0.3) is 0 Å². The number of hydrogen-bond acceptors (Lipinski definition) is 4. The first-order chi connectivity index (χ1) is 10.4. The van der Waals surface area contributed by atoms with Gasteiger partial charge in [-0.25, -0.2) is 0 Å². The van der Waals surface area contributed by atoms with Gasteiger partial charge >= 0.3 is 0 Å². The number of rotatable bonds is 2. The smallest absolute Gasteiger partial charge is 0.124 e. The molecular formula is C18H20O3S. The number of aromatic hydroxyl groups is 1. The van der Waals surface area contributed by atoms with Gasteiger partial charge in [0.25, 0.3) is 0 Å². The van der Waals surface area contributed by atoms with Crippen LogP contribution in [0.15, 0.2) is 24.3 Å². The van der Waals surface area contributed by atoms with Gasteiger partial charge in [0, 0.05) is 23.1 Å². The topological polar surface area (TPSA) is 38.7 Å². The summed E-state index contributed by atoms with van der Waals surface area (Å²) in [6, 6.07) is 7.78. The summed E-state index contributed by atoms with van der Waals surface area (Å²) in [5.41, 5.74) is 4.82. The summed E-state index contributed by atoms with van der Waals surface area (Å²) in [6.45, 7) is 3.94. The Morgan fingerprint density at radius 1 is 1.05 bits per heavy atom. The molecule has 3 nitrogen and oxygen atoms in total. The number of ether oxygens (including phenoxy) is 2. The van der Waals surface area contributed by atoms with Crippen LogP contribution in [-0.4, -0.2) is 19.3 Å². The summed E-state index contributed by atoms with van der Waals surface area (Å²) in [6.07, 6.45) is 0.606. The Morgan fingerprint density at radius 3 is 2.32 bits per heavy atom. The molecule has 22 heavy (non-hydrogen) atoms. The number of aryl methyl sites for hydroxylation is 1. The molecule has 0 aromatic heterocycles. The van der Waals surface area contributed by atoms with Crippen LogP contribution in [0.1, 0.15) is 34.7 Å². The average molecular weight is 316 g/mol. The molecule has 0 aliphatic heterocycles. The summed E-state index contributed by atoms with van der Waals surface area (Å²) in [5, 5.41) is 10.5. The lowest BCUT2D eigenvalue weighted by atomic mass is 9.76. The largest absolute Gasteiger partial charge is 0.507 e. The molecule has 0 bridgehead atoms. The van der Waals surface area contributed by atoms with Gasteiger partial charge in [-0.2, -0.15) is 12.6 Å². The summed E-state index contributed by atoms with van der Waals surface area (Å²) in [4.78, 5) is 0. The van der Waals surface area contributed by atoms with Gasteiger partial charge in [-0.1, -0.05) is 12.1 Å². The van der Waals surface area contributed by atoms with Crippen LogP contribution in [0.4, 0.5) is 0 Å². The Balaban J connectivity index is 2.35. The van der Waals surface area contributed by atoms with E-state index < -0.39 is 4.75 Å². The van der Waals surface area contributed by atoms with E-state index in [1.165, 1.54) is 0 Å². The van der Waals surface area contributed by atoms with Crippen molar-refractivity contribution in [3.05, 3.63) is 52.1 Å². The third-order valence-electron chi connectivity index (χ3n) is 4.52. The maximum atomic E-state index is 10.5. The number of fused-ring (bicyclic) bond motifs is 2. The van der Waals surface area contributed by atoms with E-state index in [0.29, 0.717) is 12.2 Å². The van der Waals surface area contributed by atoms with Crippen molar-refractivity contribution in [3.63, 3.8) is 0 Å². The van der Waals surface area contributed by atoms with Crippen LogP contribution < -0.4 is 9.47 Å². The first-order valence-electron chi connectivity index (χ1n) is 7.20. The van der Waals surface area contributed by atoms with Crippen molar-refractivity contribution in [1.82, 2.24) is 0 Å². The second kappa shape index (κ2) is 5.13. The van der Waals surface area contributed by atoms with Crippen molar-refractivity contribution in [2.24, 2.45) is 0 Å². The van der Waals surface area contributed by atoms with Gasteiger partial charge in [0.15, 0.2) is 0 Å². The van der Waals surface area contributed by atoms with Crippen molar-refractivity contribution in [2.75, 3.05) is 14.2 Å². The van der Waals surface area contributed by atoms with E-state index >= 15 is 0 Å². The number of thiol groups is 1. The van der Waals surface area contributed by atoms with Gasteiger partial charge in [0.05, 0.1) is 19.0 Å². The minimum atomic E-state index is -0.562. The first-order valence-corrected chi connectivity index (χ1v) is 7.65. The van der Waals surface area contributed by atoms with E-state index in [0.717, 1.165) is 39.3 Å². The molecule has 1 unspecified atom stereocenters. The van der Waals surface area contributed by atoms with Crippen molar-refractivity contribution in [2.45, 2.75) is 25.0 Å². The quantitative estimate of drug-likeness (QED) is 0.827. The number of phenols is 1. The Labute approximate surface area is 136 Å². The molecule has 0 heterocycles. The molecule has 0 saturated heterocycles. The molecule has 116 valence electrons. The van der Waals surface area contributed by atoms with Gasteiger partial charge in [-0.15, -0.1) is 0 Å². The van der Waals surface area contributed by atoms with Gasteiger partial charge in [0.1, 0.15) is 17.2 Å². The molecule has 4 heteroatoms. The minimum absolute atomic E-state index is 0.341. The molecule has 1 aliphatic carbocycles. The standard InChI is InChI=1S/C18H20O3S/c1-10-5-6-13-11(17(10)19)9-12-14(20-3)7-8-15(21-4)16(12)18(13,2)22/h5-8,19,22H,9H2,1-4H3. The highest BCUT2D eigenvalue weighted by atomic mass is 32.1. The summed E-state index contributed by atoms with van der Waals surface area (Å²) >= 11 is 4.92. The predicted molar refractivity (Wildman–Crippen MR) is 90.6 cm³/mol. The van der Waals surface area contributed by atoms with E-state index in [1.807, 2.05) is 38.1 Å². The van der Waals surface area contributed by atoms with Crippen LogP contribution in [0.2, 0.25) is 0 Å². The normalized spacial score (nSPS) is 19.3. The molecule has 3 rings (SSSR count). The molecular weight excluding hydrogens is 296 g/mol. The van der Waals surface area contributed by atoms with Crippen LogP contribution in [-0.2, 0) is 11.2 Å². The highest BCUT2D eigenvalue weighted by molar-refractivity contribution is 7.81. The van der Waals surface area contributed by atoms with E-state index in [4.69, 9.17) is 22.1 Å². The Bertz CT molecular complexity index is 750. The van der Waals surface area contributed by atoms with Crippen molar-refractivity contribution < 1.29 is 14.6 Å². The van der Waals surface area contributed by atoms with E-state index in [1.54, 1.807) is 14.2 Å². The van der Waals surface area contributed by atoms with Crippen LogP contribution in [0.3, 0.4) is 0 Å². The molecule has 0 spiro atoms. The van der Waals surface area contributed by atoms with Crippen LogP contribution >= 0.6 is 12.6 Å². The average Bonchev–Trinajstić information content (AvgIpc) is 2.50. The van der Waals surface area contributed by atoms with Gasteiger partial charge < -0.3 is 14.6 Å². The highest BCUT2D eigenvalue weighted by Gasteiger charge is 2.39. The highest BCUT2D eigenvalue weighted by Crippen LogP contribution is 2.52. The minimum Gasteiger partial charge on any atom is -0.507 e. The first kappa shape index (κ1) is 15.1. The fourth-order valence-corrected chi connectivity index (χ4v) is 3.83. The fraction of sp³-hybridized carbons (Fsp3) is 0.333. The third kappa shape index (κ3) is 1.97. The van der Waals surface area contributed by atoms with Crippen LogP contribution in [0.5, 0.6) is 17.2 Å². The molecule has 0 radical (unpaired) electrons. The molecule has 2 aromatic carbocycles. The zero-order valence-corrected chi connectivity index (χ0v) is 14.1. The molecule has 0 amide bonds. The second-order valence-electron chi connectivity index (χ2n) is 5.83. The number of benzene rings is 2. The maximum Gasteiger partial charge on any atom is 0.124 e. The third-order valence-corrected chi connectivity index (χ3v) is 4.99. The predicted octanol–water partition coefficient (Wildman–Crippen LogP) is 3.82. The SMILES string of the molecule is COc1ccc(OC)c2c1Cc1c(ccc(C)c1O)C2(C)S. The van der Waals surface area contributed by atoms with Gasteiger partial charge in [-0.3, -0.25) is 0 Å². The van der Waals surface area contributed by atoms with Gasteiger partial charge in [-0.05, 0) is 37.1 Å². The molecule has 1 atom stereocenters.